The SMILES string of the molecule is O=[N+]([O-])c1cc(NC2CCCCCCC2)ccc1Cl. The molecule has 0 spiro atoms. The predicted molar refractivity (Wildman–Crippen MR) is 77.8 cm³/mol. The lowest BCUT2D eigenvalue weighted by atomic mass is 9.96. The van der Waals surface area contributed by atoms with Gasteiger partial charge < -0.3 is 5.32 Å². The van der Waals surface area contributed by atoms with E-state index in [-0.39, 0.29) is 10.7 Å². The fraction of sp³-hybridized carbons (Fsp3) is 0.571. The molecule has 0 unspecified atom stereocenters. The minimum atomic E-state index is -0.439. The minimum Gasteiger partial charge on any atom is -0.382 e. The van der Waals surface area contributed by atoms with E-state index in [9.17, 15) is 10.1 Å². The summed E-state index contributed by atoms with van der Waals surface area (Å²) in [7, 11) is 0. The summed E-state index contributed by atoms with van der Waals surface area (Å²) in [6, 6.07) is 5.35. The lowest BCUT2D eigenvalue weighted by Gasteiger charge is -2.22. The van der Waals surface area contributed by atoms with Crippen molar-refractivity contribution in [3.05, 3.63) is 33.3 Å². The third kappa shape index (κ3) is 4.10. The summed E-state index contributed by atoms with van der Waals surface area (Å²) in [6.45, 7) is 0. The first-order valence-electron chi connectivity index (χ1n) is 6.87. The standard InChI is InChI=1S/C14H19ClN2O2/c15-13-9-8-12(10-14(13)17(18)19)16-11-6-4-2-1-3-5-7-11/h8-11,16H,1-7H2. The Hall–Kier alpha value is -1.29. The van der Waals surface area contributed by atoms with E-state index in [4.69, 9.17) is 11.6 Å². The first-order valence-corrected chi connectivity index (χ1v) is 7.25. The number of nitro benzene ring substituents is 1. The molecule has 0 aromatic heterocycles. The van der Waals surface area contributed by atoms with E-state index in [1.54, 1.807) is 6.07 Å². The summed E-state index contributed by atoms with van der Waals surface area (Å²) in [6.07, 6.45) is 8.64. The summed E-state index contributed by atoms with van der Waals surface area (Å²) in [5.74, 6) is 0. The molecule has 1 aromatic rings. The van der Waals surface area contributed by atoms with Crippen LogP contribution in [0, 0.1) is 10.1 Å². The Morgan fingerprint density at radius 2 is 1.79 bits per heavy atom. The fourth-order valence-electron chi connectivity index (χ4n) is 2.58. The molecular formula is C14H19ClN2O2. The van der Waals surface area contributed by atoms with Gasteiger partial charge in [-0.25, -0.2) is 0 Å². The predicted octanol–water partition coefficient (Wildman–Crippen LogP) is 4.77. The number of nitro groups is 1. The Morgan fingerprint density at radius 1 is 1.16 bits per heavy atom. The maximum Gasteiger partial charge on any atom is 0.289 e. The van der Waals surface area contributed by atoms with Crippen molar-refractivity contribution in [2.45, 2.75) is 51.0 Å². The van der Waals surface area contributed by atoms with E-state index in [0.29, 0.717) is 6.04 Å². The van der Waals surface area contributed by atoms with Crippen molar-refractivity contribution in [1.82, 2.24) is 0 Å². The number of hydrogen-bond donors (Lipinski definition) is 1. The van der Waals surface area contributed by atoms with Crippen molar-refractivity contribution in [1.29, 1.82) is 0 Å². The number of nitrogens with one attached hydrogen (secondary N) is 1. The molecule has 104 valence electrons. The number of halogens is 1. The Bertz CT molecular complexity index is 443. The van der Waals surface area contributed by atoms with Crippen molar-refractivity contribution in [2.75, 3.05) is 5.32 Å². The molecule has 0 atom stereocenters. The number of nitrogens with zero attached hydrogens (tertiary/aromatic N) is 1. The molecule has 0 heterocycles. The molecule has 4 nitrogen and oxygen atoms in total. The quantitative estimate of drug-likeness (QED) is 0.641. The highest BCUT2D eigenvalue weighted by atomic mass is 35.5. The van der Waals surface area contributed by atoms with Crippen LogP contribution in [0.2, 0.25) is 5.02 Å². The molecular weight excluding hydrogens is 264 g/mol. The van der Waals surface area contributed by atoms with Gasteiger partial charge in [0.1, 0.15) is 5.02 Å². The summed E-state index contributed by atoms with van der Waals surface area (Å²) in [4.78, 5) is 10.4. The summed E-state index contributed by atoms with van der Waals surface area (Å²) >= 11 is 5.81. The minimum absolute atomic E-state index is 0.0301. The fourth-order valence-corrected chi connectivity index (χ4v) is 2.77. The van der Waals surface area contributed by atoms with Crippen molar-refractivity contribution >= 4 is 23.0 Å². The maximum absolute atomic E-state index is 10.9. The molecule has 1 aromatic carbocycles. The molecule has 0 radical (unpaired) electrons. The molecule has 2 rings (SSSR count). The lowest BCUT2D eigenvalue weighted by Crippen LogP contribution is -2.20. The second-order valence-corrected chi connectivity index (χ2v) is 5.52. The van der Waals surface area contributed by atoms with E-state index in [2.05, 4.69) is 5.32 Å². The topological polar surface area (TPSA) is 55.2 Å². The van der Waals surface area contributed by atoms with E-state index < -0.39 is 4.92 Å². The van der Waals surface area contributed by atoms with Gasteiger partial charge in [-0.15, -0.1) is 0 Å². The first-order chi connectivity index (χ1) is 9.16. The van der Waals surface area contributed by atoms with E-state index >= 15 is 0 Å². The first kappa shape index (κ1) is 14.1. The van der Waals surface area contributed by atoms with Crippen LogP contribution < -0.4 is 5.32 Å². The summed E-state index contributed by atoms with van der Waals surface area (Å²) in [5.41, 5.74) is 0.763. The molecule has 0 amide bonds. The third-order valence-electron chi connectivity index (χ3n) is 3.62. The zero-order valence-corrected chi connectivity index (χ0v) is 11.7. The molecule has 1 saturated carbocycles. The molecule has 1 fully saturated rings. The van der Waals surface area contributed by atoms with Crippen LogP contribution in [0.3, 0.4) is 0 Å². The largest absolute Gasteiger partial charge is 0.382 e. The number of anilines is 1. The molecule has 0 saturated heterocycles. The normalized spacial score (nSPS) is 17.5. The number of rotatable bonds is 3. The van der Waals surface area contributed by atoms with Gasteiger partial charge in [0.15, 0.2) is 0 Å². The second-order valence-electron chi connectivity index (χ2n) is 5.11. The van der Waals surface area contributed by atoms with Gasteiger partial charge >= 0.3 is 0 Å². The van der Waals surface area contributed by atoms with Crippen molar-refractivity contribution in [2.24, 2.45) is 0 Å². The monoisotopic (exact) mass is 282 g/mol. The van der Waals surface area contributed by atoms with Crippen LogP contribution in [-0.2, 0) is 0 Å². The van der Waals surface area contributed by atoms with Crippen molar-refractivity contribution in [3.8, 4) is 0 Å². The van der Waals surface area contributed by atoms with Crippen molar-refractivity contribution in [3.63, 3.8) is 0 Å². The van der Waals surface area contributed by atoms with E-state index in [0.717, 1.165) is 18.5 Å². The molecule has 19 heavy (non-hydrogen) atoms. The Labute approximate surface area is 118 Å². The second kappa shape index (κ2) is 6.75. The van der Waals surface area contributed by atoms with Gasteiger partial charge in [-0.3, -0.25) is 10.1 Å². The average Bonchev–Trinajstić information content (AvgIpc) is 2.34. The third-order valence-corrected chi connectivity index (χ3v) is 3.94. The van der Waals surface area contributed by atoms with Gasteiger partial charge in [-0.05, 0) is 25.0 Å². The van der Waals surface area contributed by atoms with Crippen LogP contribution >= 0.6 is 11.6 Å². The van der Waals surface area contributed by atoms with Gasteiger partial charge in [0.25, 0.3) is 5.69 Å². The van der Waals surface area contributed by atoms with Gasteiger partial charge in [0.05, 0.1) is 4.92 Å². The average molecular weight is 283 g/mol. The van der Waals surface area contributed by atoms with Crippen LogP contribution in [0.5, 0.6) is 0 Å². The Balaban J connectivity index is 2.05. The molecule has 5 heteroatoms. The Kier molecular flexibility index (Phi) is 5.02. The smallest absolute Gasteiger partial charge is 0.289 e. The van der Waals surface area contributed by atoms with Crippen LogP contribution in [-0.4, -0.2) is 11.0 Å². The van der Waals surface area contributed by atoms with Crippen molar-refractivity contribution < 1.29 is 4.92 Å². The molecule has 1 aliphatic rings. The van der Waals surface area contributed by atoms with Gasteiger partial charge in [-0.1, -0.05) is 43.7 Å². The number of hydrogen-bond acceptors (Lipinski definition) is 3. The van der Waals surface area contributed by atoms with Crippen LogP contribution in [0.15, 0.2) is 18.2 Å². The highest BCUT2D eigenvalue weighted by Crippen LogP contribution is 2.29. The highest BCUT2D eigenvalue weighted by Gasteiger charge is 2.15. The van der Waals surface area contributed by atoms with Gasteiger partial charge in [-0.2, -0.15) is 0 Å². The maximum atomic E-state index is 10.9. The lowest BCUT2D eigenvalue weighted by molar-refractivity contribution is -0.384. The molecule has 1 aliphatic carbocycles. The number of benzene rings is 1. The molecule has 0 bridgehead atoms. The zero-order chi connectivity index (χ0) is 13.7. The highest BCUT2D eigenvalue weighted by molar-refractivity contribution is 6.32. The van der Waals surface area contributed by atoms with Crippen LogP contribution in [0.25, 0.3) is 0 Å². The summed E-state index contributed by atoms with van der Waals surface area (Å²) in [5, 5.41) is 14.5. The Morgan fingerprint density at radius 3 is 2.42 bits per heavy atom. The zero-order valence-electron chi connectivity index (χ0n) is 10.9. The van der Waals surface area contributed by atoms with E-state index in [1.807, 2.05) is 6.07 Å². The molecule has 0 aliphatic heterocycles. The summed E-state index contributed by atoms with van der Waals surface area (Å²) < 4.78 is 0. The van der Waals surface area contributed by atoms with Crippen LogP contribution in [0.1, 0.15) is 44.9 Å². The van der Waals surface area contributed by atoms with Gasteiger partial charge in [0.2, 0.25) is 0 Å². The van der Waals surface area contributed by atoms with E-state index in [1.165, 1.54) is 38.2 Å². The van der Waals surface area contributed by atoms with Crippen LogP contribution in [0.4, 0.5) is 11.4 Å². The van der Waals surface area contributed by atoms with Gasteiger partial charge in [0, 0.05) is 17.8 Å². The molecule has 1 N–H and O–H groups in total.